The van der Waals surface area contributed by atoms with Crippen LogP contribution in [0.1, 0.15) is 31.0 Å². The van der Waals surface area contributed by atoms with E-state index >= 15 is 0 Å². The molecular weight excluding hydrogens is 250 g/mol. The lowest BCUT2D eigenvalue weighted by atomic mass is 10.1. The van der Waals surface area contributed by atoms with Crippen LogP contribution >= 0.6 is 0 Å². The van der Waals surface area contributed by atoms with Gasteiger partial charge >= 0.3 is 0 Å². The average molecular weight is 271 g/mol. The van der Waals surface area contributed by atoms with Gasteiger partial charge in [0.2, 0.25) is 0 Å². The first-order valence-corrected chi connectivity index (χ1v) is 6.92. The van der Waals surface area contributed by atoms with E-state index in [0.29, 0.717) is 6.61 Å². The molecule has 0 bridgehead atoms. The number of ether oxygens (including phenoxy) is 1. The second kappa shape index (κ2) is 6.96. The van der Waals surface area contributed by atoms with Crippen molar-refractivity contribution in [1.29, 1.82) is 0 Å². The van der Waals surface area contributed by atoms with Gasteiger partial charge in [0.25, 0.3) is 0 Å². The maximum absolute atomic E-state index is 9.03. The van der Waals surface area contributed by atoms with Gasteiger partial charge in [0.1, 0.15) is 5.75 Å². The number of rotatable bonds is 6. The minimum atomic E-state index is 0.0781. The smallest absolute Gasteiger partial charge is 0.119 e. The summed E-state index contributed by atoms with van der Waals surface area (Å²) >= 11 is 0. The van der Waals surface area contributed by atoms with Gasteiger partial charge in [-0.25, -0.2) is 0 Å². The Bertz CT molecular complexity index is 520. The van der Waals surface area contributed by atoms with Gasteiger partial charge in [-0.1, -0.05) is 24.3 Å². The van der Waals surface area contributed by atoms with Gasteiger partial charge in [-0.15, -0.1) is 0 Å². The third-order valence-corrected chi connectivity index (χ3v) is 3.21. The first kappa shape index (κ1) is 14.4. The van der Waals surface area contributed by atoms with E-state index in [2.05, 4.69) is 24.4 Å². The third kappa shape index (κ3) is 3.75. The maximum Gasteiger partial charge on any atom is 0.119 e. The summed E-state index contributed by atoms with van der Waals surface area (Å²) in [6.45, 7) is 4.86. The van der Waals surface area contributed by atoms with E-state index in [0.717, 1.165) is 17.0 Å². The van der Waals surface area contributed by atoms with Crippen molar-refractivity contribution in [2.45, 2.75) is 26.5 Å². The number of hydrogen-bond donors (Lipinski definition) is 2. The summed E-state index contributed by atoms with van der Waals surface area (Å²) in [7, 11) is 0. The van der Waals surface area contributed by atoms with Crippen molar-refractivity contribution in [3.8, 4) is 5.75 Å². The highest BCUT2D eigenvalue weighted by atomic mass is 16.5. The Hall–Kier alpha value is -2.00. The normalized spacial score (nSPS) is 11.9. The molecule has 0 radical (unpaired) electrons. The van der Waals surface area contributed by atoms with Crippen molar-refractivity contribution in [2.24, 2.45) is 0 Å². The molecule has 2 aromatic carbocycles. The van der Waals surface area contributed by atoms with Gasteiger partial charge in [-0.2, -0.15) is 0 Å². The van der Waals surface area contributed by atoms with Gasteiger partial charge in [0.15, 0.2) is 0 Å². The fraction of sp³-hybridized carbons (Fsp3) is 0.294. The Morgan fingerprint density at radius 2 is 1.70 bits per heavy atom. The Kier molecular flexibility index (Phi) is 5.02. The molecule has 2 aromatic rings. The summed E-state index contributed by atoms with van der Waals surface area (Å²) in [5.74, 6) is 0.899. The molecule has 0 aliphatic rings. The molecule has 0 spiro atoms. The lowest BCUT2D eigenvalue weighted by Crippen LogP contribution is -2.06. The predicted molar refractivity (Wildman–Crippen MR) is 82.0 cm³/mol. The zero-order chi connectivity index (χ0) is 14.4. The fourth-order valence-corrected chi connectivity index (χ4v) is 2.06. The number of anilines is 1. The second-order valence-corrected chi connectivity index (χ2v) is 4.72. The molecule has 0 aliphatic carbocycles. The quantitative estimate of drug-likeness (QED) is 0.840. The lowest BCUT2D eigenvalue weighted by Gasteiger charge is -2.16. The Labute approximate surface area is 120 Å². The van der Waals surface area contributed by atoms with Gasteiger partial charge in [0.05, 0.1) is 13.2 Å². The predicted octanol–water partition coefficient (Wildman–Crippen LogP) is 3.75. The van der Waals surface area contributed by atoms with E-state index in [-0.39, 0.29) is 12.6 Å². The van der Waals surface area contributed by atoms with Crippen molar-refractivity contribution in [1.82, 2.24) is 0 Å². The standard InChI is InChI=1S/C17H21NO2/c1-3-20-17-10-6-15(7-11-17)13(2)18-16-8-4-14(12-19)5-9-16/h4-11,13,18-19H,3,12H2,1-2H3. The van der Waals surface area contributed by atoms with Crippen LogP contribution in [0.25, 0.3) is 0 Å². The molecule has 0 aromatic heterocycles. The average Bonchev–Trinajstić information content (AvgIpc) is 2.49. The van der Waals surface area contributed by atoms with E-state index in [1.165, 1.54) is 5.56 Å². The van der Waals surface area contributed by atoms with E-state index in [4.69, 9.17) is 9.84 Å². The molecule has 1 unspecified atom stereocenters. The van der Waals surface area contributed by atoms with Crippen LogP contribution in [0.5, 0.6) is 5.75 Å². The van der Waals surface area contributed by atoms with Crippen LogP contribution in [-0.4, -0.2) is 11.7 Å². The molecule has 0 saturated carbocycles. The van der Waals surface area contributed by atoms with Crippen LogP contribution in [0.3, 0.4) is 0 Å². The summed E-state index contributed by atoms with van der Waals surface area (Å²) in [5, 5.41) is 12.5. The Morgan fingerprint density at radius 1 is 1.05 bits per heavy atom. The molecule has 0 fully saturated rings. The van der Waals surface area contributed by atoms with Crippen LogP contribution in [0, 0.1) is 0 Å². The SMILES string of the molecule is CCOc1ccc(C(C)Nc2ccc(CO)cc2)cc1. The summed E-state index contributed by atoms with van der Waals surface area (Å²) < 4.78 is 5.44. The molecule has 0 saturated heterocycles. The van der Waals surface area contributed by atoms with E-state index in [1.807, 2.05) is 43.3 Å². The maximum atomic E-state index is 9.03. The van der Waals surface area contributed by atoms with Crippen molar-refractivity contribution in [2.75, 3.05) is 11.9 Å². The molecule has 20 heavy (non-hydrogen) atoms. The van der Waals surface area contributed by atoms with E-state index in [1.54, 1.807) is 0 Å². The molecule has 106 valence electrons. The monoisotopic (exact) mass is 271 g/mol. The molecule has 2 N–H and O–H groups in total. The van der Waals surface area contributed by atoms with Crippen LogP contribution in [0.2, 0.25) is 0 Å². The number of aliphatic hydroxyl groups excluding tert-OH is 1. The molecule has 0 amide bonds. The van der Waals surface area contributed by atoms with E-state index in [9.17, 15) is 0 Å². The first-order chi connectivity index (χ1) is 9.72. The molecular formula is C17H21NO2. The van der Waals surface area contributed by atoms with Crippen molar-refractivity contribution < 1.29 is 9.84 Å². The van der Waals surface area contributed by atoms with Crippen molar-refractivity contribution in [3.63, 3.8) is 0 Å². The van der Waals surface area contributed by atoms with Crippen molar-refractivity contribution >= 4 is 5.69 Å². The van der Waals surface area contributed by atoms with Crippen LogP contribution in [0.15, 0.2) is 48.5 Å². The minimum absolute atomic E-state index is 0.0781. The highest BCUT2D eigenvalue weighted by Crippen LogP contribution is 2.22. The zero-order valence-corrected chi connectivity index (χ0v) is 12.0. The highest BCUT2D eigenvalue weighted by Gasteiger charge is 2.05. The Morgan fingerprint density at radius 3 is 2.25 bits per heavy atom. The van der Waals surface area contributed by atoms with Gasteiger partial charge in [0, 0.05) is 11.7 Å². The number of hydrogen-bond acceptors (Lipinski definition) is 3. The largest absolute Gasteiger partial charge is 0.494 e. The Balaban J connectivity index is 2.01. The summed E-state index contributed by atoms with van der Waals surface area (Å²) in [5.41, 5.74) is 3.17. The minimum Gasteiger partial charge on any atom is -0.494 e. The number of aliphatic hydroxyl groups is 1. The van der Waals surface area contributed by atoms with Crippen molar-refractivity contribution in [3.05, 3.63) is 59.7 Å². The highest BCUT2D eigenvalue weighted by molar-refractivity contribution is 5.47. The van der Waals surface area contributed by atoms with Gasteiger partial charge < -0.3 is 15.2 Å². The second-order valence-electron chi connectivity index (χ2n) is 4.72. The third-order valence-electron chi connectivity index (χ3n) is 3.21. The number of benzene rings is 2. The molecule has 3 heteroatoms. The summed E-state index contributed by atoms with van der Waals surface area (Å²) in [6.07, 6.45) is 0. The van der Waals surface area contributed by atoms with E-state index < -0.39 is 0 Å². The molecule has 0 heterocycles. The topological polar surface area (TPSA) is 41.5 Å². The lowest BCUT2D eigenvalue weighted by molar-refractivity contribution is 0.282. The van der Waals surface area contributed by atoms with Crippen LogP contribution < -0.4 is 10.1 Å². The first-order valence-electron chi connectivity index (χ1n) is 6.92. The van der Waals surface area contributed by atoms with Crippen LogP contribution in [-0.2, 0) is 6.61 Å². The molecule has 3 nitrogen and oxygen atoms in total. The number of nitrogens with one attached hydrogen (secondary N) is 1. The van der Waals surface area contributed by atoms with Gasteiger partial charge in [-0.3, -0.25) is 0 Å². The molecule has 1 atom stereocenters. The molecule has 2 rings (SSSR count). The fourth-order valence-electron chi connectivity index (χ4n) is 2.06. The molecule has 0 aliphatic heterocycles. The zero-order valence-electron chi connectivity index (χ0n) is 12.0. The van der Waals surface area contributed by atoms with Gasteiger partial charge in [-0.05, 0) is 49.2 Å². The summed E-state index contributed by atoms with van der Waals surface area (Å²) in [6, 6.07) is 16.2. The summed E-state index contributed by atoms with van der Waals surface area (Å²) in [4.78, 5) is 0. The van der Waals surface area contributed by atoms with Crippen LogP contribution in [0.4, 0.5) is 5.69 Å².